The lowest BCUT2D eigenvalue weighted by atomic mass is 9.84. The van der Waals surface area contributed by atoms with Crippen molar-refractivity contribution in [1.82, 2.24) is 21.3 Å². The van der Waals surface area contributed by atoms with Crippen LogP contribution in [0.2, 0.25) is 10.0 Å². The molecule has 0 saturated carbocycles. The zero-order valence-electron chi connectivity index (χ0n) is 48.7. The lowest BCUT2D eigenvalue weighted by Gasteiger charge is -2.36. The number of aliphatic hydroxyl groups excluding tert-OH is 5. The molecule has 13 atom stereocenters. The van der Waals surface area contributed by atoms with Crippen LogP contribution in [0.3, 0.4) is 0 Å². The Morgan fingerprint density at radius 3 is 1.94 bits per heavy atom. The molecule has 1 fully saturated rings. The zero-order chi connectivity index (χ0) is 65.3. The lowest BCUT2D eigenvalue weighted by Crippen LogP contribution is -2.53. The topological polar surface area (TPSA) is 404 Å². The number of halogens is 2. The highest BCUT2D eigenvalue weighted by Gasteiger charge is 2.43. The number of carbonyl (C=O) groups is 8. The molecule has 6 aliphatic heterocycles. The predicted octanol–water partition coefficient (Wildman–Crippen LogP) is 5.42. The molecule has 0 aliphatic carbocycles. The van der Waals surface area contributed by atoms with E-state index in [1.54, 1.807) is 6.92 Å². The van der Waals surface area contributed by atoms with Gasteiger partial charge in [-0.3, -0.25) is 28.8 Å². The van der Waals surface area contributed by atoms with Crippen molar-refractivity contribution in [2.75, 3.05) is 6.61 Å². The number of carboxylic acids is 1. The molecule has 11 bridgehead atoms. The van der Waals surface area contributed by atoms with Crippen LogP contribution in [0, 0.1) is 17.8 Å². The molecule has 25 nitrogen and oxygen atoms in total. The molecule has 6 aliphatic rings. The summed E-state index contributed by atoms with van der Waals surface area (Å²) in [7, 11) is 0. The van der Waals surface area contributed by atoms with E-state index in [2.05, 4.69) is 21.3 Å². The van der Waals surface area contributed by atoms with Gasteiger partial charge in [0.25, 0.3) is 0 Å². The first kappa shape index (κ1) is 66.0. The summed E-state index contributed by atoms with van der Waals surface area (Å²) in [4.78, 5) is 116. The maximum Gasteiger partial charge on any atom is 0.330 e. The first-order chi connectivity index (χ1) is 42.6. The first-order valence-corrected chi connectivity index (χ1v) is 29.6. The number of carbonyl (C=O) groups excluding carboxylic acids is 7. The highest BCUT2D eigenvalue weighted by atomic mass is 35.5. The van der Waals surface area contributed by atoms with Crippen molar-refractivity contribution in [3.63, 3.8) is 0 Å². The van der Waals surface area contributed by atoms with E-state index in [1.807, 2.05) is 13.8 Å². The Morgan fingerprint density at radius 2 is 1.36 bits per heavy atom. The fourth-order valence-electron chi connectivity index (χ4n) is 11.6. The first-order valence-electron chi connectivity index (χ1n) is 28.8. The van der Waals surface area contributed by atoms with Gasteiger partial charge in [-0.1, -0.05) is 62.2 Å². The molecule has 4 unspecified atom stereocenters. The third-order valence-corrected chi connectivity index (χ3v) is 16.8. The molecule has 11 rings (SSSR count). The van der Waals surface area contributed by atoms with Gasteiger partial charge in [-0.2, -0.15) is 0 Å². The van der Waals surface area contributed by atoms with E-state index in [0.29, 0.717) is 12.8 Å². The summed E-state index contributed by atoms with van der Waals surface area (Å²) >= 11 is 14.0. The highest BCUT2D eigenvalue weighted by Crippen LogP contribution is 2.50. The van der Waals surface area contributed by atoms with E-state index in [0.717, 1.165) is 37.3 Å². The van der Waals surface area contributed by atoms with Crippen LogP contribution >= 0.6 is 23.2 Å². The number of carboxylic acid groups (broad SMARTS) is 1. The number of fused-ring (bicyclic) bond motifs is 15. The number of hydrogen-bond acceptors (Lipinski definition) is 20. The van der Waals surface area contributed by atoms with E-state index >= 15 is 14.4 Å². The number of aliphatic hydroxyl groups is 5. The summed E-state index contributed by atoms with van der Waals surface area (Å²) < 4.78 is 25.4. The van der Waals surface area contributed by atoms with Gasteiger partial charge in [-0.25, -0.2) is 4.79 Å². The van der Waals surface area contributed by atoms with E-state index < -0.39 is 204 Å². The molecule has 13 N–H and O–H groups in total. The van der Waals surface area contributed by atoms with Gasteiger partial charge in [0.15, 0.2) is 29.1 Å². The Balaban J connectivity index is 1.31. The standard InChI is InChI=1S/C63H66Cl2N4O21/c1-5-27(12-25(2)3)59(81)68-53-41(75)17-32(13-26(4)71)60(82)66-51-31-18-46(87-44-10-7-29(55(53)78)15-37(44)64)58(90-49-23-43(77)57(80)48(24-70)89-49)47(19-31)88-45-11-8-30(16-38(45)65)56(79)54-62(84)67-52(63(85)86)36-20-33(72)21-40(74)50(36)35-14-28(6-9-39(35)73)34(22-42(51)76)61(83)69-54/h6-11,14-16,18-21,25,27,32,34,43,48-49,51-57,70,72-74,77-80H,5,12-13,17,22-24H2,1-4H3,(H,66,82)(H,67,84)(H,68,81)(H,69,83)(H,85,86)/t27-,32-,34-,43?,48?,49?,51-,52+,53+,54+,55-,56-,57?/m1/s1. The predicted molar refractivity (Wildman–Crippen MR) is 317 cm³/mol. The number of benzene rings is 5. The number of hydrogen-bond donors (Lipinski definition) is 13. The molecule has 4 amide bonds. The third-order valence-electron chi connectivity index (χ3n) is 16.2. The molecule has 6 heterocycles. The number of nitrogens with one attached hydrogen (secondary N) is 4. The smallest absolute Gasteiger partial charge is 0.330 e. The van der Waals surface area contributed by atoms with E-state index in [4.69, 9.17) is 42.1 Å². The molecule has 0 radical (unpaired) electrons. The molecule has 5 aromatic carbocycles. The largest absolute Gasteiger partial charge is 0.508 e. The molecule has 0 spiro atoms. The Kier molecular flexibility index (Phi) is 20.1. The van der Waals surface area contributed by atoms with Gasteiger partial charge in [0.2, 0.25) is 35.7 Å². The van der Waals surface area contributed by atoms with Crippen LogP contribution in [0.25, 0.3) is 11.1 Å². The van der Waals surface area contributed by atoms with E-state index in [1.165, 1.54) is 48.5 Å². The minimum Gasteiger partial charge on any atom is -0.508 e. The fourth-order valence-corrected chi connectivity index (χ4v) is 12.0. The molecular formula is C63H66Cl2N4O21. The van der Waals surface area contributed by atoms with Gasteiger partial charge in [0.05, 0.1) is 34.6 Å². The lowest BCUT2D eigenvalue weighted by molar-refractivity contribution is -0.230. The molecule has 27 heteroatoms. The van der Waals surface area contributed by atoms with Gasteiger partial charge in [-0.15, -0.1) is 0 Å². The van der Waals surface area contributed by atoms with E-state index in [9.17, 15) is 69.9 Å². The van der Waals surface area contributed by atoms with E-state index in [-0.39, 0.29) is 55.3 Å². The quantitative estimate of drug-likeness (QED) is 0.0785. The average Bonchev–Trinajstić information content (AvgIpc) is 0.855. The summed E-state index contributed by atoms with van der Waals surface area (Å²) in [6, 6.07) is 6.56. The average molecular weight is 1290 g/mol. The molecule has 478 valence electrons. The summed E-state index contributed by atoms with van der Waals surface area (Å²) in [6.45, 7) is 5.89. The number of ether oxygens (including phenoxy) is 4. The minimum atomic E-state index is -2.18. The number of phenols is 3. The second-order valence-corrected chi connectivity index (χ2v) is 24.0. The van der Waals surface area contributed by atoms with Gasteiger partial charge in [-0.05, 0) is 103 Å². The second kappa shape index (κ2) is 27.4. The molecule has 0 aromatic heterocycles. The Morgan fingerprint density at radius 1 is 0.722 bits per heavy atom. The van der Waals surface area contributed by atoms with Crippen LogP contribution < -0.4 is 35.5 Å². The van der Waals surface area contributed by atoms with Crippen molar-refractivity contribution in [2.45, 2.75) is 133 Å². The number of rotatable bonds is 11. The van der Waals surface area contributed by atoms with Crippen molar-refractivity contribution in [1.29, 1.82) is 0 Å². The summed E-state index contributed by atoms with van der Waals surface area (Å²) in [5.41, 5.74) is -2.01. The Hall–Kier alpha value is -8.40. The third kappa shape index (κ3) is 14.1. The van der Waals surface area contributed by atoms with Crippen molar-refractivity contribution >= 4 is 70.1 Å². The van der Waals surface area contributed by atoms with Gasteiger partial charge < -0.3 is 91.0 Å². The van der Waals surface area contributed by atoms with Crippen molar-refractivity contribution in [3.8, 4) is 57.1 Å². The Labute approximate surface area is 523 Å². The number of phenolic OH excluding ortho intramolecular Hbond substituents is 3. The summed E-state index contributed by atoms with van der Waals surface area (Å²) in [6.07, 6.45) is -12.4. The van der Waals surface area contributed by atoms with Crippen LogP contribution in [0.1, 0.15) is 124 Å². The van der Waals surface area contributed by atoms with Crippen LogP contribution in [-0.2, 0) is 43.1 Å². The summed E-state index contributed by atoms with van der Waals surface area (Å²) in [5, 5.41) is 110. The summed E-state index contributed by atoms with van der Waals surface area (Å²) in [5.74, 6) is -16.8. The number of amides is 4. The van der Waals surface area contributed by atoms with Crippen LogP contribution in [-0.4, -0.2) is 136 Å². The number of Topliss-reactive ketones (excluding diaryl/α,β-unsaturated/α-hetero) is 3. The van der Waals surface area contributed by atoms with Crippen LogP contribution in [0.4, 0.5) is 0 Å². The molecular weight excluding hydrogens is 1220 g/mol. The minimum absolute atomic E-state index is 0.0229. The van der Waals surface area contributed by atoms with Crippen molar-refractivity contribution < 1.29 is 103 Å². The maximum absolute atomic E-state index is 15.9. The molecule has 5 aromatic rings. The van der Waals surface area contributed by atoms with Gasteiger partial charge in [0, 0.05) is 54.4 Å². The molecule has 90 heavy (non-hydrogen) atoms. The van der Waals surface area contributed by atoms with Gasteiger partial charge >= 0.3 is 5.97 Å². The van der Waals surface area contributed by atoms with Crippen molar-refractivity contribution in [2.24, 2.45) is 17.8 Å². The number of aromatic hydroxyl groups is 3. The van der Waals surface area contributed by atoms with Crippen LogP contribution in [0.5, 0.6) is 46.0 Å². The normalized spacial score (nSPS) is 25.8. The zero-order valence-corrected chi connectivity index (χ0v) is 50.2. The van der Waals surface area contributed by atoms with Crippen LogP contribution in [0.15, 0.2) is 78.9 Å². The fraction of sp³-hybridized carbons (Fsp3) is 0.397. The maximum atomic E-state index is 15.9. The van der Waals surface area contributed by atoms with Crippen molar-refractivity contribution in [3.05, 3.63) is 117 Å². The SMILES string of the molecule is CC[C@H](CC(C)C)C(=O)N[C@H]1C(=O)C[C@@H](CC(C)=O)C(=O)N[C@H]2C(=O)C[C@H]3C(=O)N[C@H](C(=O)N[C@H](C(=O)O)c4cc(O)cc(O)c4-c4cc3ccc4O)[C@H](O)c3ccc(c(Cl)c3)Oc3cc2cc(c3OC2CC(O)C(O)C(CO)O2)Oc2ccc(cc2Cl)[C@H]1O. The number of aliphatic carboxylic acids is 1. The van der Waals surface area contributed by atoms with Gasteiger partial charge in [0.1, 0.15) is 77.1 Å². The highest BCUT2D eigenvalue weighted by molar-refractivity contribution is 6.32. The second-order valence-electron chi connectivity index (χ2n) is 23.1. The monoisotopic (exact) mass is 1280 g/mol. The molecule has 1 saturated heterocycles. The number of ketones is 3. The Bertz CT molecular complexity index is 3680.